The number of likely N-dealkylation sites (tertiary alicyclic amines) is 1. The molecule has 1 amide bonds. The molecule has 9 nitrogen and oxygen atoms in total. The van der Waals surface area contributed by atoms with Crippen LogP contribution in [-0.2, 0) is 4.79 Å². The highest BCUT2D eigenvalue weighted by Gasteiger charge is 2.35. The van der Waals surface area contributed by atoms with Crippen molar-refractivity contribution in [2.75, 3.05) is 6.54 Å². The first-order valence-corrected chi connectivity index (χ1v) is 10.3. The molecular weight excluding hydrogens is 396 g/mol. The minimum absolute atomic E-state index is 0.178. The second-order valence-electron chi connectivity index (χ2n) is 7.99. The lowest BCUT2D eigenvalue weighted by atomic mass is 10.1. The van der Waals surface area contributed by atoms with Crippen LogP contribution in [-0.4, -0.2) is 41.7 Å². The quantitative estimate of drug-likeness (QED) is 0.548. The molecule has 1 aliphatic heterocycles. The van der Waals surface area contributed by atoms with Crippen LogP contribution in [0.1, 0.15) is 43.2 Å². The van der Waals surface area contributed by atoms with E-state index in [0.717, 1.165) is 23.9 Å². The number of benzene rings is 1. The molecule has 4 heterocycles. The fourth-order valence-electron chi connectivity index (χ4n) is 4.38. The largest absolute Gasteiger partial charge is 0.332 e. The Kier molecular flexibility index (Phi) is 4.46. The number of carbonyl (C=O) groups excluding carboxylic acids is 1. The van der Waals surface area contributed by atoms with Crippen molar-refractivity contribution in [1.29, 1.82) is 0 Å². The van der Waals surface area contributed by atoms with E-state index >= 15 is 0 Å². The lowest BCUT2D eigenvalue weighted by Gasteiger charge is -2.27. The standard InChI is InChI=1S/C22H22N6O3/c1-13-10-20(29)28-19(24-13)11-17(25-28)18-8-5-9-26(18)21(30)14(2)27-22(31)16-7-4-3-6-15(16)12-23-27/h3-4,6-7,10-12,14,18,25H,5,8-9H2,1-2H3/t14-,18-/m1/s1. The van der Waals surface area contributed by atoms with Gasteiger partial charge in [-0.1, -0.05) is 18.2 Å². The van der Waals surface area contributed by atoms with Crippen LogP contribution >= 0.6 is 0 Å². The van der Waals surface area contributed by atoms with Gasteiger partial charge in [0.05, 0.1) is 23.3 Å². The number of fused-ring (bicyclic) bond motifs is 2. The number of H-pyrrole nitrogens is 1. The SMILES string of the molecule is Cc1cc(=O)n2[nH]c([C@H]3CCCN3C(=O)[C@@H](C)n3ncc4ccccc4c3=O)cc2n1. The van der Waals surface area contributed by atoms with E-state index in [4.69, 9.17) is 0 Å². The molecule has 2 atom stereocenters. The van der Waals surface area contributed by atoms with Gasteiger partial charge in [-0.3, -0.25) is 19.5 Å². The average Bonchev–Trinajstić information content (AvgIpc) is 3.40. The van der Waals surface area contributed by atoms with Crippen LogP contribution in [0.4, 0.5) is 0 Å². The Morgan fingerprint density at radius 2 is 2.03 bits per heavy atom. The first-order valence-electron chi connectivity index (χ1n) is 10.3. The summed E-state index contributed by atoms with van der Waals surface area (Å²) in [5.41, 5.74) is 1.45. The first-order chi connectivity index (χ1) is 14.9. The summed E-state index contributed by atoms with van der Waals surface area (Å²) in [5.74, 6) is -0.178. The zero-order valence-electron chi connectivity index (χ0n) is 17.3. The average molecular weight is 418 g/mol. The van der Waals surface area contributed by atoms with E-state index in [1.54, 1.807) is 37.1 Å². The molecule has 0 bridgehead atoms. The maximum Gasteiger partial charge on any atom is 0.275 e. The summed E-state index contributed by atoms with van der Waals surface area (Å²) in [7, 11) is 0. The minimum Gasteiger partial charge on any atom is -0.332 e. The second-order valence-corrected chi connectivity index (χ2v) is 7.99. The van der Waals surface area contributed by atoms with Crippen molar-refractivity contribution < 1.29 is 4.79 Å². The maximum atomic E-state index is 13.4. The molecule has 1 N–H and O–H groups in total. The summed E-state index contributed by atoms with van der Waals surface area (Å²) in [6, 6.07) is 9.52. The number of hydrogen-bond donors (Lipinski definition) is 1. The summed E-state index contributed by atoms with van der Waals surface area (Å²) in [5, 5.41) is 8.62. The summed E-state index contributed by atoms with van der Waals surface area (Å²) in [6.07, 6.45) is 3.21. The fraction of sp³-hybridized carbons (Fsp3) is 0.318. The summed E-state index contributed by atoms with van der Waals surface area (Å²) in [6.45, 7) is 4.05. The number of nitrogens with one attached hydrogen (secondary N) is 1. The third-order valence-electron chi connectivity index (χ3n) is 5.94. The van der Waals surface area contributed by atoms with Crippen molar-refractivity contribution in [3.8, 4) is 0 Å². The van der Waals surface area contributed by atoms with Gasteiger partial charge < -0.3 is 4.90 Å². The lowest BCUT2D eigenvalue weighted by molar-refractivity contribution is -0.135. The number of aromatic amines is 1. The number of rotatable bonds is 3. The van der Waals surface area contributed by atoms with Gasteiger partial charge in [0, 0.05) is 29.8 Å². The molecule has 5 rings (SSSR count). The number of amides is 1. The zero-order chi connectivity index (χ0) is 21.7. The molecule has 0 saturated carbocycles. The van der Waals surface area contributed by atoms with Crippen molar-refractivity contribution in [2.45, 2.75) is 38.8 Å². The van der Waals surface area contributed by atoms with E-state index in [-0.39, 0.29) is 23.1 Å². The van der Waals surface area contributed by atoms with Crippen molar-refractivity contribution >= 4 is 22.3 Å². The van der Waals surface area contributed by atoms with E-state index < -0.39 is 6.04 Å². The predicted molar refractivity (Wildman–Crippen MR) is 115 cm³/mol. The molecule has 158 valence electrons. The van der Waals surface area contributed by atoms with Crippen LogP contribution in [0, 0.1) is 6.92 Å². The maximum absolute atomic E-state index is 13.4. The van der Waals surface area contributed by atoms with E-state index in [1.165, 1.54) is 15.3 Å². The van der Waals surface area contributed by atoms with Crippen LogP contribution < -0.4 is 11.1 Å². The number of nitrogens with zero attached hydrogens (tertiary/aromatic N) is 5. The molecule has 1 saturated heterocycles. The molecule has 0 spiro atoms. The predicted octanol–water partition coefficient (Wildman–Crippen LogP) is 1.97. The Bertz CT molecular complexity index is 1430. The van der Waals surface area contributed by atoms with Crippen molar-refractivity contribution in [1.82, 2.24) is 29.3 Å². The minimum atomic E-state index is -0.745. The van der Waals surface area contributed by atoms with Gasteiger partial charge in [0.1, 0.15) is 6.04 Å². The summed E-state index contributed by atoms with van der Waals surface area (Å²) in [4.78, 5) is 44.7. The molecule has 31 heavy (non-hydrogen) atoms. The lowest BCUT2D eigenvalue weighted by Crippen LogP contribution is -2.40. The Hall–Kier alpha value is -3.75. The number of aromatic nitrogens is 5. The van der Waals surface area contributed by atoms with Gasteiger partial charge in [-0.05, 0) is 32.8 Å². The van der Waals surface area contributed by atoms with Gasteiger partial charge in [-0.25, -0.2) is 14.2 Å². The second kappa shape index (κ2) is 7.19. The highest BCUT2D eigenvalue weighted by Crippen LogP contribution is 2.33. The highest BCUT2D eigenvalue weighted by molar-refractivity contribution is 5.83. The Morgan fingerprint density at radius 1 is 1.23 bits per heavy atom. The number of hydrogen-bond acceptors (Lipinski definition) is 5. The molecule has 1 fully saturated rings. The van der Waals surface area contributed by atoms with Gasteiger partial charge in [0.25, 0.3) is 11.1 Å². The highest BCUT2D eigenvalue weighted by atomic mass is 16.2. The van der Waals surface area contributed by atoms with Crippen LogP contribution in [0.3, 0.4) is 0 Å². The van der Waals surface area contributed by atoms with Gasteiger partial charge in [0.15, 0.2) is 5.65 Å². The Morgan fingerprint density at radius 3 is 2.87 bits per heavy atom. The van der Waals surface area contributed by atoms with Crippen molar-refractivity contribution in [3.05, 3.63) is 74.7 Å². The molecule has 3 aromatic heterocycles. The summed E-state index contributed by atoms with van der Waals surface area (Å²) < 4.78 is 2.64. The molecule has 0 radical (unpaired) electrons. The Labute approximate surface area is 176 Å². The van der Waals surface area contributed by atoms with Crippen molar-refractivity contribution in [2.24, 2.45) is 0 Å². The van der Waals surface area contributed by atoms with E-state index in [0.29, 0.717) is 23.3 Å². The first kappa shape index (κ1) is 19.2. The fourth-order valence-corrected chi connectivity index (χ4v) is 4.38. The van der Waals surface area contributed by atoms with Crippen LogP contribution in [0.15, 0.2) is 52.2 Å². The van der Waals surface area contributed by atoms with Gasteiger partial charge in [-0.15, -0.1) is 0 Å². The smallest absolute Gasteiger partial charge is 0.275 e. The molecule has 0 unspecified atom stereocenters. The topological polar surface area (TPSA) is 105 Å². The number of aryl methyl sites for hydroxylation is 1. The third-order valence-corrected chi connectivity index (χ3v) is 5.94. The van der Waals surface area contributed by atoms with Crippen LogP contribution in [0.2, 0.25) is 0 Å². The van der Waals surface area contributed by atoms with Gasteiger partial charge in [-0.2, -0.15) is 5.10 Å². The van der Waals surface area contributed by atoms with Crippen LogP contribution in [0.25, 0.3) is 16.4 Å². The number of carbonyl (C=O) groups is 1. The van der Waals surface area contributed by atoms with Gasteiger partial charge >= 0.3 is 0 Å². The molecule has 1 aromatic carbocycles. The molecule has 1 aliphatic rings. The molecule has 4 aromatic rings. The Balaban J connectivity index is 1.49. The zero-order valence-corrected chi connectivity index (χ0v) is 17.3. The molecule has 9 heteroatoms. The van der Waals surface area contributed by atoms with Gasteiger partial charge in [0.2, 0.25) is 5.91 Å². The van der Waals surface area contributed by atoms with E-state index in [1.807, 2.05) is 18.2 Å². The summed E-state index contributed by atoms with van der Waals surface area (Å²) >= 11 is 0. The molecule has 0 aliphatic carbocycles. The van der Waals surface area contributed by atoms with E-state index in [9.17, 15) is 14.4 Å². The van der Waals surface area contributed by atoms with Crippen molar-refractivity contribution in [3.63, 3.8) is 0 Å². The van der Waals surface area contributed by atoms with E-state index in [2.05, 4.69) is 15.2 Å². The van der Waals surface area contributed by atoms with Crippen LogP contribution in [0.5, 0.6) is 0 Å². The normalized spacial score (nSPS) is 17.5. The monoisotopic (exact) mass is 418 g/mol. The third kappa shape index (κ3) is 3.13. The molecular formula is C22H22N6O3.